The molecule has 18 heavy (non-hydrogen) atoms. The highest BCUT2D eigenvalue weighted by atomic mass is 32.2. The zero-order valence-corrected chi connectivity index (χ0v) is 11.8. The van der Waals surface area contributed by atoms with Gasteiger partial charge < -0.3 is 10.1 Å². The minimum absolute atomic E-state index is 0.228. The summed E-state index contributed by atoms with van der Waals surface area (Å²) >= 11 is 1.51. The molecule has 1 heterocycles. The monoisotopic (exact) mass is 269 g/mol. The predicted molar refractivity (Wildman–Crippen MR) is 71.5 cm³/mol. The highest BCUT2D eigenvalue weighted by Gasteiger charge is 2.33. The summed E-state index contributed by atoms with van der Waals surface area (Å²) in [7, 11) is 0. The number of nitrogens with zero attached hydrogens (tertiary/aromatic N) is 2. The van der Waals surface area contributed by atoms with Gasteiger partial charge in [-0.25, -0.2) is 9.97 Å². The lowest BCUT2D eigenvalue weighted by atomic mass is 10.1. The number of hydrogen-bond acceptors (Lipinski definition) is 6. The number of esters is 1. The lowest BCUT2D eigenvalue weighted by Crippen LogP contribution is -2.52. The zero-order chi connectivity index (χ0) is 13.4. The van der Waals surface area contributed by atoms with E-state index < -0.39 is 5.54 Å². The Labute approximate surface area is 112 Å². The molecule has 6 heteroatoms. The number of carbonyl (C=O) groups excluding carboxylic acids is 1. The van der Waals surface area contributed by atoms with Gasteiger partial charge in [0, 0.05) is 11.9 Å². The fourth-order valence-electron chi connectivity index (χ4n) is 1.44. The van der Waals surface area contributed by atoms with E-state index >= 15 is 0 Å². The van der Waals surface area contributed by atoms with Crippen LogP contribution in [0.25, 0.3) is 0 Å². The Morgan fingerprint density at radius 3 is 2.89 bits per heavy atom. The molecule has 1 aromatic heterocycles. The summed E-state index contributed by atoms with van der Waals surface area (Å²) in [5.41, 5.74) is -0.694. The molecule has 1 N–H and O–H groups in total. The maximum Gasteiger partial charge on any atom is 0.326 e. The van der Waals surface area contributed by atoms with E-state index in [1.54, 1.807) is 6.20 Å². The summed E-state index contributed by atoms with van der Waals surface area (Å²) in [4.78, 5) is 19.9. The number of carbonyl (C=O) groups is 1. The van der Waals surface area contributed by atoms with E-state index in [4.69, 9.17) is 4.74 Å². The van der Waals surface area contributed by atoms with E-state index in [2.05, 4.69) is 15.3 Å². The van der Waals surface area contributed by atoms with Gasteiger partial charge in [0.1, 0.15) is 11.9 Å². The first-order valence-corrected chi connectivity index (χ1v) is 6.92. The van der Waals surface area contributed by atoms with Crippen LogP contribution in [0, 0.1) is 0 Å². The zero-order valence-electron chi connectivity index (χ0n) is 11.0. The second kappa shape index (κ2) is 7.33. The Balaban J connectivity index is 2.65. The first-order valence-electron chi connectivity index (χ1n) is 5.93. The Morgan fingerprint density at radius 1 is 1.56 bits per heavy atom. The Morgan fingerprint density at radius 2 is 2.33 bits per heavy atom. The van der Waals surface area contributed by atoms with Gasteiger partial charge in [-0.15, -0.1) is 11.8 Å². The second-order valence-electron chi connectivity index (χ2n) is 3.92. The molecule has 0 saturated carbocycles. The van der Waals surface area contributed by atoms with Gasteiger partial charge in [-0.1, -0.05) is 6.92 Å². The van der Waals surface area contributed by atoms with Crippen molar-refractivity contribution in [3.63, 3.8) is 0 Å². The summed E-state index contributed by atoms with van der Waals surface area (Å²) in [6.07, 6.45) is 3.18. The van der Waals surface area contributed by atoms with Crippen molar-refractivity contribution in [3.8, 4) is 0 Å². The summed E-state index contributed by atoms with van der Waals surface area (Å²) in [5, 5.41) is 4.02. The summed E-state index contributed by atoms with van der Waals surface area (Å²) < 4.78 is 5.10. The van der Waals surface area contributed by atoms with Gasteiger partial charge in [0.05, 0.1) is 11.6 Å². The SMILES string of the molecule is CCNC(C)(CSc1ccncn1)C(=O)OCC. The molecule has 0 saturated heterocycles. The molecule has 0 fully saturated rings. The van der Waals surface area contributed by atoms with Crippen LogP contribution in [0.4, 0.5) is 0 Å². The number of nitrogens with one attached hydrogen (secondary N) is 1. The van der Waals surface area contributed by atoms with Gasteiger partial charge in [0.2, 0.25) is 0 Å². The maximum atomic E-state index is 11.9. The molecule has 5 nitrogen and oxygen atoms in total. The molecule has 0 bridgehead atoms. The molecular formula is C12H19N3O2S. The van der Waals surface area contributed by atoms with Crippen molar-refractivity contribution in [1.29, 1.82) is 0 Å². The smallest absolute Gasteiger partial charge is 0.326 e. The van der Waals surface area contributed by atoms with E-state index in [9.17, 15) is 4.79 Å². The number of hydrogen-bond donors (Lipinski definition) is 1. The number of likely N-dealkylation sites (N-methyl/N-ethyl adjacent to an activating group) is 1. The van der Waals surface area contributed by atoms with E-state index in [0.717, 1.165) is 5.03 Å². The fourth-order valence-corrected chi connectivity index (χ4v) is 2.38. The molecule has 0 aromatic carbocycles. The van der Waals surface area contributed by atoms with Crippen LogP contribution in [0.15, 0.2) is 23.6 Å². The third-order valence-corrected chi connectivity index (χ3v) is 3.62. The number of ether oxygens (including phenoxy) is 1. The molecule has 100 valence electrons. The van der Waals surface area contributed by atoms with E-state index in [1.807, 2.05) is 26.8 Å². The summed E-state index contributed by atoms with van der Waals surface area (Å²) in [5.74, 6) is 0.338. The second-order valence-corrected chi connectivity index (χ2v) is 4.91. The topological polar surface area (TPSA) is 64.1 Å². The van der Waals surface area contributed by atoms with Crippen LogP contribution in [0.5, 0.6) is 0 Å². The van der Waals surface area contributed by atoms with Crippen molar-refractivity contribution < 1.29 is 9.53 Å². The van der Waals surface area contributed by atoms with Gasteiger partial charge in [-0.05, 0) is 26.5 Å². The minimum atomic E-state index is -0.694. The summed E-state index contributed by atoms with van der Waals surface area (Å²) in [6.45, 7) is 6.72. The largest absolute Gasteiger partial charge is 0.465 e. The normalized spacial score (nSPS) is 13.9. The van der Waals surface area contributed by atoms with Crippen LogP contribution < -0.4 is 5.32 Å². The average molecular weight is 269 g/mol. The number of aromatic nitrogens is 2. The molecule has 0 aliphatic rings. The molecule has 1 unspecified atom stereocenters. The summed E-state index contributed by atoms with van der Waals surface area (Å²) in [6, 6.07) is 1.82. The van der Waals surface area contributed by atoms with Crippen molar-refractivity contribution in [2.75, 3.05) is 18.9 Å². The van der Waals surface area contributed by atoms with Crippen molar-refractivity contribution in [2.45, 2.75) is 31.3 Å². The molecule has 1 rings (SSSR count). The van der Waals surface area contributed by atoms with Crippen LogP contribution in [-0.2, 0) is 9.53 Å². The van der Waals surface area contributed by atoms with Gasteiger partial charge in [-0.2, -0.15) is 0 Å². The first-order chi connectivity index (χ1) is 8.62. The molecular weight excluding hydrogens is 250 g/mol. The standard InChI is InChI=1S/C12H19N3O2S/c1-4-15-12(3,11(16)17-5-2)8-18-10-6-7-13-9-14-10/h6-7,9,15H,4-5,8H2,1-3H3. The van der Waals surface area contributed by atoms with Gasteiger partial charge >= 0.3 is 5.97 Å². The van der Waals surface area contributed by atoms with Crippen molar-refractivity contribution in [1.82, 2.24) is 15.3 Å². The number of rotatable bonds is 7. The molecule has 0 spiro atoms. The van der Waals surface area contributed by atoms with Crippen LogP contribution in [0.1, 0.15) is 20.8 Å². The van der Waals surface area contributed by atoms with Gasteiger partial charge in [0.25, 0.3) is 0 Å². The third kappa shape index (κ3) is 4.27. The predicted octanol–water partition coefficient (Wildman–Crippen LogP) is 1.50. The Kier molecular flexibility index (Phi) is 6.07. The van der Waals surface area contributed by atoms with E-state index in [1.165, 1.54) is 18.1 Å². The van der Waals surface area contributed by atoms with Crippen LogP contribution in [-0.4, -0.2) is 40.4 Å². The lowest BCUT2D eigenvalue weighted by molar-refractivity contribution is -0.149. The van der Waals surface area contributed by atoms with Crippen molar-refractivity contribution >= 4 is 17.7 Å². The minimum Gasteiger partial charge on any atom is -0.465 e. The lowest BCUT2D eigenvalue weighted by Gasteiger charge is -2.27. The molecule has 0 amide bonds. The van der Waals surface area contributed by atoms with E-state index in [0.29, 0.717) is 18.9 Å². The fraction of sp³-hybridized carbons (Fsp3) is 0.583. The maximum absolute atomic E-state index is 11.9. The van der Waals surface area contributed by atoms with Crippen LogP contribution in [0.3, 0.4) is 0 Å². The van der Waals surface area contributed by atoms with Crippen molar-refractivity contribution in [3.05, 3.63) is 18.6 Å². The van der Waals surface area contributed by atoms with Crippen molar-refractivity contribution in [2.24, 2.45) is 0 Å². The average Bonchev–Trinajstić information content (AvgIpc) is 2.38. The first kappa shape index (κ1) is 14.9. The number of thioether (sulfide) groups is 1. The highest BCUT2D eigenvalue weighted by molar-refractivity contribution is 7.99. The molecule has 1 aromatic rings. The van der Waals surface area contributed by atoms with Crippen LogP contribution in [0.2, 0.25) is 0 Å². The third-order valence-electron chi connectivity index (χ3n) is 2.36. The molecule has 0 aliphatic heterocycles. The molecule has 0 aliphatic carbocycles. The highest BCUT2D eigenvalue weighted by Crippen LogP contribution is 2.21. The van der Waals surface area contributed by atoms with E-state index in [-0.39, 0.29) is 5.97 Å². The Hall–Kier alpha value is -1.14. The van der Waals surface area contributed by atoms with Gasteiger partial charge in [0.15, 0.2) is 0 Å². The molecule has 0 radical (unpaired) electrons. The van der Waals surface area contributed by atoms with Crippen LogP contribution >= 0.6 is 11.8 Å². The van der Waals surface area contributed by atoms with Gasteiger partial charge in [-0.3, -0.25) is 4.79 Å². The molecule has 1 atom stereocenters. The Bertz CT molecular complexity index is 375. The quantitative estimate of drug-likeness (QED) is 0.460.